The van der Waals surface area contributed by atoms with Crippen molar-refractivity contribution in [3.63, 3.8) is 0 Å². The van der Waals surface area contributed by atoms with Gasteiger partial charge in [-0.3, -0.25) is 29.4 Å². The lowest BCUT2D eigenvalue weighted by Crippen LogP contribution is -2.66. The van der Waals surface area contributed by atoms with Crippen molar-refractivity contribution in [2.75, 3.05) is 40.4 Å². The van der Waals surface area contributed by atoms with Gasteiger partial charge in [-0.25, -0.2) is 9.97 Å². The van der Waals surface area contributed by atoms with Crippen molar-refractivity contribution in [3.8, 4) is 45.4 Å². The molecule has 14 heteroatoms. The van der Waals surface area contributed by atoms with E-state index in [4.69, 9.17) is 41.0 Å². The Morgan fingerprint density at radius 3 is 1.68 bits per heavy atom. The van der Waals surface area contributed by atoms with Crippen LogP contribution in [0.4, 0.5) is 0 Å². The second-order valence-corrected chi connectivity index (χ2v) is 14.9. The topological polar surface area (TPSA) is 135 Å². The second-order valence-electron chi connectivity index (χ2n) is 13.7. The molecule has 0 atom stereocenters. The average molecular weight is 760 g/mol. The van der Waals surface area contributed by atoms with Crippen molar-refractivity contribution < 1.29 is 19.1 Å². The number of nitrogens with zero attached hydrogens (tertiary/aromatic N) is 6. The van der Waals surface area contributed by atoms with E-state index in [1.807, 2.05) is 36.4 Å². The average Bonchev–Trinajstić information content (AvgIpc) is 3.68. The first-order chi connectivity index (χ1) is 24.2. The Kier molecular flexibility index (Phi) is 8.49. The molecule has 4 saturated heterocycles. The van der Waals surface area contributed by atoms with Crippen LogP contribution in [0.5, 0.6) is 11.8 Å². The molecule has 4 aromatic rings. The number of carbonyl (C=O) groups excluding carboxylic acids is 2. The first kappa shape index (κ1) is 33.0. The third-order valence-electron chi connectivity index (χ3n) is 10.2. The number of methoxy groups -OCH3 is 2. The van der Waals surface area contributed by atoms with Crippen molar-refractivity contribution >= 4 is 39.3 Å². The van der Waals surface area contributed by atoms with E-state index >= 15 is 0 Å². The van der Waals surface area contributed by atoms with Crippen LogP contribution >= 0.6 is 27.5 Å². The Bertz CT molecular complexity index is 1870. The number of rotatable bonds is 9. The maximum atomic E-state index is 11.7. The number of hydrogen-bond donors (Lipinski definition) is 2. The fraction of sp³-hybridized carbons (Fsp3) is 0.389. The molecule has 2 aromatic carbocycles. The molecule has 0 radical (unpaired) electrons. The molecule has 4 aliphatic rings. The van der Waals surface area contributed by atoms with E-state index in [-0.39, 0.29) is 22.9 Å². The highest BCUT2D eigenvalue weighted by Gasteiger charge is 2.48. The zero-order valence-electron chi connectivity index (χ0n) is 27.8. The number of nitrogens with one attached hydrogen (secondary N) is 2. The van der Waals surface area contributed by atoms with Crippen molar-refractivity contribution in [2.45, 2.75) is 49.9 Å². The van der Waals surface area contributed by atoms with Gasteiger partial charge in [-0.1, -0.05) is 48.0 Å². The number of likely N-dealkylation sites (tertiary alicyclic amines) is 2. The van der Waals surface area contributed by atoms with Gasteiger partial charge >= 0.3 is 0 Å². The molecule has 4 aliphatic heterocycles. The lowest BCUT2D eigenvalue weighted by molar-refractivity contribution is -0.121. The van der Waals surface area contributed by atoms with Crippen LogP contribution in [-0.4, -0.2) is 93.0 Å². The van der Waals surface area contributed by atoms with Gasteiger partial charge in [0.05, 0.1) is 54.1 Å². The minimum Gasteiger partial charge on any atom is -0.480 e. The van der Waals surface area contributed by atoms with Gasteiger partial charge in [0.25, 0.3) is 0 Å². The molecule has 8 rings (SSSR count). The molecule has 0 saturated carbocycles. The molecule has 6 heterocycles. The number of halogens is 2. The Labute approximate surface area is 303 Å². The molecule has 4 fully saturated rings. The minimum atomic E-state index is -0.103. The van der Waals surface area contributed by atoms with E-state index in [1.165, 1.54) is 0 Å². The van der Waals surface area contributed by atoms with Gasteiger partial charge in [0.2, 0.25) is 23.6 Å². The van der Waals surface area contributed by atoms with Gasteiger partial charge in [0, 0.05) is 73.3 Å². The SMILES string of the molecule is COc1nc(-c2cccc(-c3cccc(-c4cnc(CN5CC6(CCC(=O)N6)C5)c(OC)n4)c3Br)c2Cl)cnc1CN1CC2(CCC(=O)N2)C1. The third-order valence-corrected chi connectivity index (χ3v) is 11.4. The summed E-state index contributed by atoms with van der Waals surface area (Å²) in [5, 5.41) is 6.77. The zero-order valence-corrected chi connectivity index (χ0v) is 30.1. The fourth-order valence-corrected chi connectivity index (χ4v) is 8.77. The molecule has 258 valence electrons. The summed E-state index contributed by atoms with van der Waals surface area (Å²) in [5.41, 5.74) is 5.80. The van der Waals surface area contributed by atoms with Crippen LogP contribution in [0, 0.1) is 0 Å². The Hall–Kier alpha value is -4.17. The molecule has 2 aromatic heterocycles. The zero-order chi connectivity index (χ0) is 34.6. The smallest absolute Gasteiger partial charge is 0.237 e. The van der Waals surface area contributed by atoms with Gasteiger partial charge in [-0.15, -0.1) is 0 Å². The fourth-order valence-electron chi connectivity index (χ4n) is 7.76. The van der Waals surface area contributed by atoms with E-state index in [1.54, 1.807) is 26.6 Å². The summed E-state index contributed by atoms with van der Waals surface area (Å²) >= 11 is 11.0. The van der Waals surface area contributed by atoms with Crippen LogP contribution in [0.25, 0.3) is 33.6 Å². The third kappa shape index (κ3) is 5.99. The van der Waals surface area contributed by atoms with Crippen LogP contribution < -0.4 is 20.1 Å². The largest absolute Gasteiger partial charge is 0.480 e. The quantitative estimate of drug-likeness (QED) is 0.249. The molecule has 50 heavy (non-hydrogen) atoms. The number of amides is 2. The summed E-state index contributed by atoms with van der Waals surface area (Å²) in [5.74, 6) is 1.16. The summed E-state index contributed by atoms with van der Waals surface area (Å²) in [6.45, 7) is 4.33. The Morgan fingerprint density at radius 1 is 0.740 bits per heavy atom. The summed E-state index contributed by atoms with van der Waals surface area (Å²) in [4.78, 5) is 47.1. The van der Waals surface area contributed by atoms with Crippen molar-refractivity contribution in [3.05, 3.63) is 69.7 Å². The predicted octanol–water partition coefficient (Wildman–Crippen LogP) is 4.63. The first-order valence-electron chi connectivity index (χ1n) is 16.6. The summed E-state index contributed by atoms with van der Waals surface area (Å²) < 4.78 is 12.2. The summed E-state index contributed by atoms with van der Waals surface area (Å²) in [6.07, 6.45) is 6.42. The van der Waals surface area contributed by atoms with E-state index in [2.05, 4.69) is 36.4 Å². The highest BCUT2D eigenvalue weighted by molar-refractivity contribution is 9.10. The number of carbonyl (C=O) groups is 2. The van der Waals surface area contributed by atoms with Crippen LogP contribution in [0.1, 0.15) is 37.1 Å². The molecule has 2 N–H and O–H groups in total. The van der Waals surface area contributed by atoms with Gasteiger partial charge in [0.15, 0.2) is 0 Å². The van der Waals surface area contributed by atoms with Crippen LogP contribution in [-0.2, 0) is 22.7 Å². The molecule has 12 nitrogen and oxygen atoms in total. The van der Waals surface area contributed by atoms with Crippen LogP contribution in [0.2, 0.25) is 5.02 Å². The molecular formula is C36H36BrClN8O4. The number of ether oxygens (including phenoxy) is 2. The molecule has 0 unspecified atom stereocenters. The van der Waals surface area contributed by atoms with Crippen LogP contribution in [0.3, 0.4) is 0 Å². The Balaban J connectivity index is 1.01. The lowest BCUT2D eigenvalue weighted by Gasteiger charge is -2.47. The Morgan fingerprint density at radius 2 is 1.20 bits per heavy atom. The highest BCUT2D eigenvalue weighted by Crippen LogP contribution is 2.43. The van der Waals surface area contributed by atoms with Crippen LogP contribution in [0.15, 0.2) is 53.3 Å². The van der Waals surface area contributed by atoms with Gasteiger partial charge < -0.3 is 20.1 Å². The number of benzene rings is 2. The van der Waals surface area contributed by atoms with E-state index in [0.29, 0.717) is 54.1 Å². The molecule has 2 amide bonds. The second kappa shape index (κ2) is 12.9. The maximum Gasteiger partial charge on any atom is 0.237 e. The first-order valence-corrected chi connectivity index (χ1v) is 17.8. The normalized spacial score (nSPS) is 19.3. The number of aromatic nitrogens is 4. The lowest BCUT2D eigenvalue weighted by atomic mass is 9.88. The summed E-state index contributed by atoms with van der Waals surface area (Å²) in [7, 11) is 3.19. The van der Waals surface area contributed by atoms with E-state index in [0.717, 1.165) is 77.1 Å². The van der Waals surface area contributed by atoms with Crippen molar-refractivity contribution in [2.24, 2.45) is 0 Å². The minimum absolute atomic E-state index is 0.0985. The molecule has 0 bridgehead atoms. The monoisotopic (exact) mass is 758 g/mol. The predicted molar refractivity (Wildman–Crippen MR) is 191 cm³/mol. The van der Waals surface area contributed by atoms with E-state index in [9.17, 15) is 9.59 Å². The maximum absolute atomic E-state index is 11.7. The summed E-state index contributed by atoms with van der Waals surface area (Å²) in [6, 6.07) is 11.8. The number of hydrogen-bond acceptors (Lipinski definition) is 10. The molecule has 0 aliphatic carbocycles. The molecule has 2 spiro atoms. The van der Waals surface area contributed by atoms with Crippen molar-refractivity contribution in [1.82, 2.24) is 40.4 Å². The van der Waals surface area contributed by atoms with Gasteiger partial charge in [-0.2, -0.15) is 0 Å². The highest BCUT2D eigenvalue weighted by atomic mass is 79.9. The van der Waals surface area contributed by atoms with Gasteiger partial charge in [-0.05, 0) is 34.3 Å². The van der Waals surface area contributed by atoms with Gasteiger partial charge in [0.1, 0.15) is 11.4 Å². The van der Waals surface area contributed by atoms with Crippen molar-refractivity contribution in [1.29, 1.82) is 0 Å². The standard InChI is InChI=1S/C36H36BrClN8O4/c1-49-33-27(15-45-17-35(18-45)11-9-29(47)43-35)39-13-25(41-33)23-7-3-5-21(31(23)37)22-6-4-8-24(32(22)38)26-14-40-28(34(42-26)50-2)16-46-19-36(20-46)12-10-30(48)44-36/h3-8,13-14H,9-12,15-20H2,1-2H3,(H,43,47)(H,44,48). The van der Waals surface area contributed by atoms with E-state index < -0.39 is 0 Å². The molecular weight excluding hydrogens is 724 g/mol.